The second-order valence-electron chi connectivity index (χ2n) is 10.7. The third-order valence-electron chi connectivity index (χ3n) is 8.05. The fourth-order valence-electron chi connectivity index (χ4n) is 5.85. The van der Waals surface area contributed by atoms with Crippen LogP contribution in [0, 0.1) is 0 Å². The SMILES string of the molecule is C=C1/C(=C\C=C/CC)C(c2cc(Cl)cc(C(F)(F)F)c2)OC12CCN(Cc1ccc(N3CCCC3)cn1)CC2. The van der Waals surface area contributed by atoms with E-state index in [4.69, 9.17) is 21.3 Å². The van der Waals surface area contributed by atoms with Gasteiger partial charge in [-0.25, -0.2) is 0 Å². The van der Waals surface area contributed by atoms with Gasteiger partial charge < -0.3 is 9.64 Å². The molecule has 4 heterocycles. The summed E-state index contributed by atoms with van der Waals surface area (Å²) in [7, 11) is 0. The molecular weight excluding hydrogens is 523 g/mol. The van der Waals surface area contributed by atoms with Crippen LogP contribution in [0.3, 0.4) is 0 Å². The first-order valence-corrected chi connectivity index (χ1v) is 14.1. The molecule has 1 aromatic heterocycles. The molecule has 4 nitrogen and oxygen atoms in total. The fourth-order valence-corrected chi connectivity index (χ4v) is 6.09. The van der Waals surface area contributed by atoms with E-state index in [1.54, 1.807) is 6.07 Å². The molecule has 2 aromatic rings. The predicted molar refractivity (Wildman–Crippen MR) is 150 cm³/mol. The standard InChI is InChI=1S/C31H35ClF3N3O/c1-3-4-5-8-28-22(2)30(39-29(28)23-17-24(31(33,34)35)19-25(32)18-23)11-15-37(16-12-30)21-26-9-10-27(20-36-26)38-13-6-7-14-38/h4-5,8-10,17-20,29H,2-3,6-7,11-16,21H2,1H3/b5-4-,28-8+. The average molecular weight is 558 g/mol. The summed E-state index contributed by atoms with van der Waals surface area (Å²) in [5.74, 6) is 0. The van der Waals surface area contributed by atoms with Gasteiger partial charge in [-0.15, -0.1) is 0 Å². The molecular formula is C31H35ClF3N3O. The van der Waals surface area contributed by atoms with Gasteiger partial charge in [0, 0.05) is 37.7 Å². The molecule has 0 N–H and O–H groups in total. The van der Waals surface area contributed by atoms with Crippen LogP contribution < -0.4 is 4.90 Å². The third kappa shape index (κ3) is 6.11. The number of anilines is 1. The minimum atomic E-state index is -4.50. The van der Waals surface area contributed by atoms with Gasteiger partial charge in [0.15, 0.2) is 0 Å². The number of likely N-dealkylation sites (tertiary alicyclic amines) is 1. The highest BCUT2D eigenvalue weighted by molar-refractivity contribution is 6.30. The van der Waals surface area contributed by atoms with Crippen molar-refractivity contribution in [2.24, 2.45) is 0 Å². The summed E-state index contributed by atoms with van der Waals surface area (Å²) in [6, 6.07) is 7.93. The Morgan fingerprint density at radius 1 is 1.13 bits per heavy atom. The van der Waals surface area contributed by atoms with E-state index in [0.29, 0.717) is 18.4 Å². The van der Waals surface area contributed by atoms with Crippen molar-refractivity contribution in [2.75, 3.05) is 31.1 Å². The number of rotatable bonds is 6. The monoisotopic (exact) mass is 557 g/mol. The largest absolute Gasteiger partial charge is 0.416 e. The Balaban J connectivity index is 1.32. The first-order chi connectivity index (χ1) is 18.7. The Kier molecular flexibility index (Phi) is 8.22. The lowest BCUT2D eigenvalue weighted by Crippen LogP contribution is -2.44. The second kappa shape index (κ2) is 11.5. The summed E-state index contributed by atoms with van der Waals surface area (Å²) in [6.45, 7) is 10.9. The minimum absolute atomic E-state index is 0.0384. The predicted octanol–water partition coefficient (Wildman–Crippen LogP) is 7.91. The van der Waals surface area contributed by atoms with Gasteiger partial charge >= 0.3 is 6.18 Å². The van der Waals surface area contributed by atoms with Gasteiger partial charge in [0.2, 0.25) is 0 Å². The number of hydrogen-bond donors (Lipinski definition) is 0. The summed E-state index contributed by atoms with van der Waals surface area (Å²) in [5.41, 5.74) is 2.86. The number of hydrogen-bond acceptors (Lipinski definition) is 4. The molecule has 1 unspecified atom stereocenters. The highest BCUT2D eigenvalue weighted by atomic mass is 35.5. The summed E-state index contributed by atoms with van der Waals surface area (Å²) in [5, 5.41) is 0.0384. The van der Waals surface area contributed by atoms with Gasteiger partial charge in [0.25, 0.3) is 0 Å². The number of ether oxygens (including phenoxy) is 1. The zero-order valence-electron chi connectivity index (χ0n) is 22.3. The molecule has 1 atom stereocenters. The maximum Gasteiger partial charge on any atom is 0.416 e. The molecule has 3 aliphatic heterocycles. The number of nitrogens with zero attached hydrogens (tertiary/aromatic N) is 3. The number of pyridine rings is 1. The molecule has 208 valence electrons. The molecule has 1 aromatic carbocycles. The van der Waals surface area contributed by atoms with Crippen LogP contribution in [0.15, 0.2) is 72.5 Å². The Morgan fingerprint density at radius 3 is 2.51 bits per heavy atom. The summed E-state index contributed by atoms with van der Waals surface area (Å²) < 4.78 is 47.4. The van der Waals surface area contributed by atoms with E-state index in [0.717, 1.165) is 68.1 Å². The normalized spacial score (nSPS) is 23.1. The number of aromatic nitrogens is 1. The highest BCUT2D eigenvalue weighted by Crippen LogP contribution is 2.52. The van der Waals surface area contributed by atoms with Gasteiger partial charge in [-0.2, -0.15) is 13.2 Å². The maximum absolute atomic E-state index is 13.6. The number of halogens is 4. The smallest absolute Gasteiger partial charge is 0.370 e. The van der Waals surface area contributed by atoms with Crippen LogP contribution in [0.4, 0.5) is 18.9 Å². The lowest BCUT2D eigenvalue weighted by molar-refractivity contribution is -0.137. The molecule has 3 aliphatic rings. The lowest BCUT2D eigenvalue weighted by Gasteiger charge is -2.39. The zero-order valence-corrected chi connectivity index (χ0v) is 23.1. The minimum Gasteiger partial charge on any atom is -0.370 e. The first-order valence-electron chi connectivity index (χ1n) is 13.7. The third-order valence-corrected chi connectivity index (χ3v) is 8.27. The van der Waals surface area contributed by atoms with Crippen LogP contribution in [-0.2, 0) is 17.5 Å². The number of alkyl halides is 3. The van der Waals surface area contributed by atoms with Crippen molar-refractivity contribution in [3.63, 3.8) is 0 Å². The Labute approximate surface area is 233 Å². The lowest BCUT2D eigenvalue weighted by atomic mass is 9.82. The van der Waals surface area contributed by atoms with Crippen LogP contribution in [-0.4, -0.2) is 41.7 Å². The van der Waals surface area contributed by atoms with E-state index < -0.39 is 23.4 Å². The van der Waals surface area contributed by atoms with Crippen molar-refractivity contribution >= 4 is 17.3 Å². The molecule has 3 fully saturated rings. The summed E-state index contributed by atoms with van der Waals surface area (Å²) >= 11 is 6.14. The van der Waals surface area contributed by atoms with Crippen molar-refractivity contribution in [3.8, 4) is 0 Å². The topological polar surface area (TPSA) is 28.6 Å². The van der Waals surface area contributed by atoms with Gasteiger partial charge in [0.1, 0.15) is 6.10 Å². The number of piperidine rings is 1. The van der Waals surface area contributed by atoms with Crippen LogP contribution in [0.2, 0.25) is 5.02 Å². The van der Waals surface area contributed by atoms with Gasteiger partial charge in [-0.1, -0.05) is 43.3 Å². The van der Waals surface area contributed by atoms with E-state index in [9.17, 15) is 13.2 Å². The van der Waals surface area contributed by atoms with E-state index in [1.165, 1.54) is 18.5 Å². The van der Waals surface area contributed by atoms with E-state index in [2.05, 4.69) is 28.5 Å². The fraction of sp³-hybridized carbons (Fsp3) is 0.452. The molecule has 5 rings (SSSR count). The van der Waals surface area contributed by atoms with Crippen molar-refractivity contribution in [1.82, 2.24) is 9.88 Å². The molecule has 8 heteroatoms. The molecule has 0 aliphatic carbocycles. The molecule has 0 amide bonds. The van der Waals surface area contributed by atoms with Gasteiger partial charge in [-0.3, -0.25) is 9.88 Å². The Morgan fingerprint density at radius 2 is 1.87 bits per heavy atom. The quantitative estimate of drug-likeness (QED) is 0.361. The zero-order chi connectivity index (χ0) is 27.6. The Bertz CT molecular complexity index is 1240. The maximum atomic E-state index is 13.6. The van der Waals surface area contributed by atoms with Crippen LogP contribution in [0.5, 0.6) is 0 Å². The Hall–Kier alpha value is -2.61. The number of allylic oxidation sites excluding steroid dienone is 3. The molecule has 0 saturated carbocycles. The van der Waals surface area contributed by atoms with Crippen molar-refractivity contribution < 1.29 is 17.9 Å². The second-order valence-corrected chi connectivity index (χ2v) is 11.1. The molecule has 3 saturated heterocycles. The molecule has 0 radical (unpaired) electrons. The highest BCUT2D eigenvalue weighted by Gasteiger charge is 2.49. The van der Waals surface area contributed by atoms with Crippen LogP contribution in [0.25, 0.3) is 0 Å². The molecule has 1 spiro atoms. The molecule has 0 bridgehead atoms. The number of benzene rings is 1. The van der Waals surface area contributed by atoms with Crippen LogP contribution >= 0.6 is 11.6 Å². The van der Waals surface area contributed by atoms with Crippen LogP contribution in [0.1, 0.15) is 62.0 Å². The van der Waals surface area contributed by atoms with Crippen molar-refractivity contribution in [2.45, 2.75) is 63.5 Å². The first kappa shape index (κ1) is 27.9. The van der Waals surface area contributed by atoms with E-state index >= 15 is 0 Å². The average Bonchev–Trinajstić information content (AvgIpc) is 3.54. The van der Waals surface area contributed by atoms with Gasteiger partial charge in [-0.05, 0) is 79.1 Å². The van der Waals surface area contributed by atoms with E-state index in [-0.39, 0.29) is 5.02 Å². The molecule has 39 heavy (non-hydrogen) atoms. The van der Waals surface area contributed by atoms with Crippen molar-refractivity contribution in [1.29, 1.82) is 0 Å². The van der Waals surface area contributed by atoms with E-state index in [1.807, 2.05) is 31.3 Å². The summed E-state index contributed by atoms with van der Waals surface area (Å²) in [6.07, 6.45) is 7.41. The van der Waals surface area contributed by atoms with Gasteiger partial charge in [0.05, 0.1) is 28.7 Å². The summed E-state index contributed by atoms with van der Waals surface area (Å²) in [4.78, 5) is 9.44. The van der Waals surface area contributed by atoms with Crippen molar-refractivity contribution in [3.05, 3.63) is 94.3 Å².